The van der Waals surface area contributed by atoms with E-state index >= 15 is 0 Å². The highest BCUT2D eigenvalue weighted by atomic mass is 19.3. The molecule has 1 aliphatic rings. The summed E-state index contributed by atoms with van der Waals surface area (Å²) in [5.74, 6) is -5.55. The third-order valence-electron chi connectivity index (χ3n) is 1.76. The van der Waals surface area contributed by atoms with Crippen molar-refractivity contribution < 1.29 is 35.5 Å². The summed E-state index contributed by atoms with van der Waals surface area (Å²) in [7, 11) is 0. The Labute approximate surface area is 67.5 Å². The van der Waals surface area contributed by atoms with Crippen LogP contribution in [0.15, 0.2) is 0 Å². The zero-order valence-electron chi connectivity index (χ0n) is 6.05. The summed E-state index contributed by atoms with van der Waals surface area (Å²) in [6.45, 7) is -0.339. The molecule has 0 aromatic carbocycles. The lowest BCUT2D eigenvalue weighted by atomic mass is 10.0. The number of hydrogen-bond donors (Lipinski definition) is 0. The first-order valence-electron chi connectivity index (χ1n) is 2.98. The van der Waals surface area contributed by atoms with Crippen molar-refractivity contribution in [3.63, 3.8) is 0 Å². The van der Waals surface area contributed by atoms with E-state index in [4.69, 9.17) is 0 Å². The van der Waals surface area contributed by atoms with Gasteiger partial charge in [0, 0.05) is 0 Å². The van der Waals surface area contributed by atoms with Crippen LogP contribution in [-0.4, -0.2) is 23.8 Å². The molecule has 0 radical (unpaired) electrons. The molecular formula is C5H3F7O. The Morgan fingerprint density at radius 2 is 1.15 bits per heavy atom. The minimum atomic E-state index is -5.55. The van der Waals surface area contributed by atoms with Gasteiger partial charge in [-0.2, -0.15) is 26.3 Å². The second kappa shape index (κ2) is 2.10. The van der Waals surface area contributed by atoms with Crippen molar-refractivity contribution in [2.45, 2.75) is 30.7 Å². The maximum Gasteiger partial charge on any atom is 0.427 e. The van der Waals surface area contributed by atoms with Gasteiger partial charge in [-0.15, -0.1) is 0 Å². The van der Waals surface area contributed by atoms with Gasteiger partial charge in [0.05, 0.1) is 0 Å². The highest BCUT2D eigenvalue weighted by Crippen LogP contribution is 2.60. The highest BCUT2D eigenvalue weighted by Gasteiger charge is 2.87. The molecule has 0 N–H and O–H groups in total. The van der Waals surface area contributed by atoms with E-state index in [-0.39, 0.29) is 6.92 Å². The first-order chi connectivity index (χ1) is 5.46. The van der Waals surface area contributed by atoms with Crippen LogP contribution < -0.4 is 0 Å². The van der Waals surface area contributed by atoms with Gasteiger partial charge < -0.3 is 0 Å². The summed E-state index contributed by atoms with van der Waals surface area (Å²) >= 11 is 0. The zero-order chi connectivity index (χ0) is 10.7. The van der Waals surface area contributed by atoms with Gasteiger partial charge in [-0.1, -0.05) is 0 Å². The van der Waals surface area contributed by atoms with Gasteiger partial charge >= 0.3 is 18.1 Å². The number of alkyl halides is 7. The smallest absolute Gasteiger partial charge is 0.248 e. The topological polar surface area (TPSA) is 9.23 Å². The lowest BCUT2D eigenvalue weighted by molar-refractivity contribution is -0.362. The Hall–Kier alpha value is -0.530. The van der Waals surface area contributed by atoms with Crippen LogP contribution in [0, 0.1) is 0 Å². The molecule has 13 heavy (non-hydrogen) atoms. The van der Waals surface area contributed by atoms with Crippen LogP contribution in [0.2, 0.25) is 0 Å². The predicted molar refractivity (Wildman–Crippen MR) is 25.4 cm³/mol. The summed E-state index contributed by atoms with van der Waals surface area (Å²) in [5, 5.41) is 0. The summed E-state index contributed by atoms with van der Waals surface area (Å²) in [6, 6.07) is 0. The van der Waals surface area contributed by atoms with E-state index < -0.39 is 23.8 Å². The Kier molecular flexibility index (Phi) is 1.70. The molecule has 0 aliphatic carbocycles. The van der Waals surface area contributed by atoms with Gasteiger partial charge in [-0.05, 0) is 6.92 Å². The fraction of sp³-hybridized carbons (Fsp3) is 1.00. The SMILES string of the molecule is CC1(F)C(F)(F)OC(F)(F)C1(F)F. The first kappa shape index (κ1) is 10.6. The van der Waals surface area contributed by atoms with Gasteiger partial charge in [0.2, 0.25) is 0 Å². The minimum absolute atomic E-state index is 0.339. The molecule has 1 unspecified atom stereocenters. The molecule has 1 saturated heterocycles. The van der Waals surface area contributed by atoms with Crippen LogP contribution in [0.4, 0.5) is 30.7 Å². The monoisotopic (exact) mass is 212 g/mol. The van der Waals surface area contributed by atoms with Crippen LogP contribution in [0.5, 0.6) is 0 Å². The number of ether oxygens (including phenoxy) is 1. The van der Waals surface area contributed by atoms with Crippen molar-refractivity contribution in [2.75, 3.05) is 0 Å². The Morgan fingerprint density at radius 1 is 0.769 bits per heavy atom. The van der Waals surface area contributed by atoms with Crippen LogP contribution in [0.1, 0.15) is 6.92 Å². The molecular weight excluding hydrogens is 209 g/mol. The largest absolute Gasteiger partial charge is 0.427 e. The van der Waals surface area contributed by atoms with Crippen molar-refractivity contribution in [1.29, 1.82) is 0 Å². The van der Waals surface area contributed by atoms with E-state index in [0.29, 0.717) is 0 Å². The molecule has 1 rings (SSSR count). The molecule has 1 heterocycles. The standard InChI is InChI=1S/C5H3F7O/c1-2(6)3(7,8)5(11,12)13-4(2,9)10/h1H3. The number of halogens is 7. The molecule has 0 aromatic rings. The normalized spacial score (nSPS) is 40.6. The highest BCUT2D eigenvalue weighted by molar-refractivity contribution is 5.07. The second-order valence-corrected chi connectivity index (χ2v) is 2.71. The molecule has 0 aromatic heterocycles. The second-order valence-electron chi connectivity index (χ2n) is 2.71. The number of rotatable bonds is 0. The molecule has 78 valence electrons. The Balaban J connectivity index is 3.24. The molecule has 0 amide bonds. The van der Waals surface area contributed by atoms with Crippen molar-refractivity contribution in [1.82, 2.24) is 0 Å². The Bertz CT molecular complexity index is 209. The molecule has 1 fully saturated rings. The predicted octanol–water partition coefficient (Wildman–Crippen LogP) is 2.57. The third-order valence-corrected chi connectivity index (χ3v) is 1.76. The van der Waals surface area contributed by atoms with Gasteiger partial charge in [0.1, 0.15) is 0 Å². The van der Waals surface area contributed by atoms with Crippen LogP contribution in [0.3, 0.4) is 0 Å². The Morgan fingerprint density at radius 3 is 1.23 bits per heavy atom. The fourth-order valence-electron chi connectivity index (χ4n) is 0.777. The van der Waals surface area contributed by atoms with E-state index in [1.165, 1.54) is 0 Å². The van der Waals surface area contributed by atoms with E-state index in [1.54, 1.807) is 0 Å². The van der Waals surface area contributed by atoms with Gasteiger partial charge in [-0.3, -0.25) is 0 Å². The maximum absolute atomic E-state index is 12.6. The van der Waals surface area contributed by atoms with Crippen LogP contribution in [0.25, 0.3) is 0 Å². The lowest BCUT2D eigenvalue weighted by Gasteiger charge is -2.24. The lowest BCUT2D eigenvalue weighted by Crippen LogP contribution is -2.52. The van der Waals surface area contributed by atoms with Crippen molar-refractivity contribution in [3.8, 4) is 0 Å². The van der Waals surface area contributed by atoms with E-state index in [2.05, 4.69) is 4.74 Å². The summed E-state index contributed by atoms with van der Waals surface area (Å²) in [4.78, 5) is 0. The maximum atomic E-state index is 12.6. The van der Waals surface area contributed by atoms with Crippen molar-refractivity contribution >= 4 is 0 Å². The molecule has 1 atom stereocenters. The van der Waals surface area contributed by atoms with Gasteiger partial charge in [0.15, 0.2) is 0 Å². The molecule has 1 nitrogen and oxygen atoms in total. The third kappa shape index (κ3) is 0.976. The first-order valence-corrected chi connectivity index (χ1v) is 2.98. The van der Waals surface area contributed by atoms with E-state index in [1.807, 2.05) is 0 Å². The van der Waals surface area contributed by atoms with E-state index in [0.717, 1.165) is 0 Å². The summed E-state index contributed by atoms with van der Waals surface area (Å²) in [6.07, 6.45) is -10.7. The molecule has 0 spiro atoms. The van der Waals surface area contributed by atoms with Gasteiger partial charge in [-0.25, -0.2) is 9.13 Å². The van der Waals surface area contributed by atoms with Crippen LogP contribution >= 0.6 is 0 Å². The van der Waals surface area contributed by atoms with Crippen LogP contribution in [-0.2, 0) is 4.74 Å². The average Bonchev–Trinajstić information content (AvgIpc) is 1.88. The molecule has 8 heteroatoms. The molecule has 1 aliphatic heterocycles. The van der Waals surface area contributed by atoms with E-state index in [9.17, 15) is 30.7 Å². The summed E-state index contributed by atoms with van der Waals surface area (Å²) < 4.78 is 87.8. The van der Waals surface area contributed by atoms with Crippen molar-refractivity contribution in [2.24, 2.45) is 0 Å². The van der Waals surface area contributed by atoms with Gasteiger partial charge in [0.25, 0.3) is 5.67 Å². The minimum Gasteiger partial charge on any atom is -0.248 e. The molecule has 0 saturated carbocycles. The average molecular weight is 212 g/mol. The van der Waals surface area contributed by atoms with Crippen molar-refractivity contribution in [3.05, 3.63) is 0 Å². The molecule has 0 bridgehead atoms. The number of hydrogen-bond acceptors (Lipinski definition) is 1. The fourth-order valence-corrected chi connectivity index (χ4v) is 0.777. The summed E-state index contributed by atoms with van der Waals surface area (Å²) in [5.41, 5.74) is -4.72. The quantitative estimate of drug-likeness (QED) is 0.560. The zero-order valence-corrected chi connectivity index (χ0v) is 6.05.